The van der Waals surface area contributed by atoms with Gasteiger partial charge in [0, 0.05) is 22.7 Å². The zero-order valence-electron chi connectivity index (χ0n) is 10.5. The molecule has 2 aromatic rings. The number of aromatic amines is 1. The SMILES string of the molecule is O=Cc1c(C2CCCCC2)[nH]c2c(F)cc(F)cc12. The van der Waals surface area contributed by atoms with Crippen molar-refractivity contribution in [1.82, 2.24) is 4.98 Å². The number of hydrogen-bond donors (Lipinski definition) is 1. The van der Waals surface area contributed by atoms with Crippen LogP contribution >= 0.6 is 0 Å². The Labute approximate surface area is 109 Å². The average molecular weight is 263 g/mol. The molecule has 1 aliphatic rings. The molecule has 3 rings (SSSR count). The first-order chi connectivity index (χ1) is 9.20. The second kappa shape index (κ2) is 4.76. The normalized spacial score (nSPS) is 16.9. The van der Waals surface area contributed by atoms with Crippen molar-refractivity contribution < 1.29 is 13.6 Å². The van der Waals surface area contributed by atoms with E-state index in [1.54, 1.807) is 0 Å². The average Bonchev–Trinajstić information content (AvgIpc) is 2.78. The molecule has 1 aliphatic carbocycles. The van der Waals surface area contributed by atoms with Crippen LogP contribution in [0.5, 0.6) is 0 Å². The molecule has 0 bridgehead atoms. The highest BCUT2D eigenvalue weighted by atomic mass is 19.1. The predicted molar refractivity (Wildman–Crippen MR) is 69.4 cm³/mol. The Morgan fingerprint density at radius 2 is 1.89 bits per heavy atom. The van der Waals surface area contributed by atoms with E-state index in [2.05, 4.69) is 4.98 Å². The first-order valence-corrected chi connectivity index (χ1v) is 6.66. The third kappa shape index (κ3) is 2.05. The van der Waals surface area contributed by atoms with Gasteiger partial charge >= 0.3 is 0 Å². The van der Waals surface area contributed by atoms with Gasteiger partial charge in [0.15, 0.2) is 6.29 Å². The van der Waals surface area contributed by atoms with E-state index >= 15 is 0 Å². The van der Waals surface area contributed by atoms with Crippen molar-refractivity contribution in [3.8, 4) is 0 Å². The largest absolute Gasteiger partial charge is 0.355 e. The molecule has 4 heteroatoms. The van der Waals surface area contributed by atoms with Crippen molar-refractivity contribution in [2.75, 3.05) is 0 Å². The van der Waals surface area contributed by atoms with Crippen LogP contribution in [0.2, 0.25) is 0 Å². The van der Waals surface area contributed by atoms with Gasteiger partial charge in [0.05, 0.1) is 5.52 Å². The predicted octanol–water partition coefficient (Wildman–Crippen LogP) is 4.31. The van der Waals surface area contributed by atoms with E-state index in [9.17, 15) is 13.6 Å². The van der Waals surface area contributed by atoms with E-state index in [0.29, 0.717) is 17.2 Å². The van der Waals surface area contributed by atoms with E-state index in [4.69, 9.17) is 0 Å². The summed E-state index contributed by atoms with van der Waals surface area (Å²) in [5.41, 5.74) is 1.43. The maximum Gasteiger partial charge on any atom is 0.152 e. The Hall–Kier alpha value is -1.71. The van der Waals surface area contributed by atoms with Gasteiger partial charge in [-0.15, -0.1) is 0 Å². The molecule has 1 saturated carbocycles. The van der Waals surface area contributed by atoms with Gasteiger partial charge < -0.3 is 4.98 Å². The van der Waals surface area contributed by atoms with E-state index < -0.39 is 11.6 Å². The van der Waals surface area contributed by atoms with Crippen LogP contribution in [-0.2, 0) is 0 Å². The number of halogens is 2. The Morgan fingerprint density at radius 1 is 1.16 bits per heavy atom. The Balaban J connectivity index is 2.18. The van der Waals surface area contributed by atoms with Crippen LogP contribution in [0.3, 0.4) is 0 Å². The van der Waals surface area contributed by atoms with Gasteiger partial charge in [-0.2, -0.15) is 0 Å². The van der Waals surface area contributed by atoms with Crippen LogP contribution in [0.1, 0.15) is 54.1 Å². The number of hydrogen-bond acceptors (Lipinski definition) is 1. The number of H-pyrrole nitrogens is 1. The molecule has 0 amide bonds. The van der Waals surface area contributed by atoms with Crippen LogP contribution in [0.25, 0.3) is 10.9 Å². The molecule has 0 unspecified atom stereocenters. The summed E-state index contributed by atoms with van der Waals surface area (Å²) < 4.78 is 27.1. The monoisotopic (exact) mass is 263 g/mol. The van der Waals surface area contributed by atoms with Crippen molar-refractivity contribution in [1.29, 1.82) is 0 Å². The second-order valence-corrected chi connectivity index (χ2v) is 5.22. The summed E-state index contributed by atoms with van der Waals surface area (Å²) in [7, 11) is 0. The summed E-state index contributed by atoms with van der Waals surface area (Å²) in [5.74, 6) is -1.04. The van der Waals surface area contributed by atoms with E-state index in [1.807, 2.05) is 0 Å². The molecule has 0 spiro atoms. The van der Waals surface area contributed by atoms with E-state index in [-0.39, 0.29) is 11.4 Å². The minimum Gasteiger partial charge on any atom is -0.355 e. The van der Waals surface area contributed by atoms with Gasteiger partial charge in [-0.1, -0.05) is 19.3 Å². The number of benzene rings is 1. The topological polar surface area (TPSA) is 32.9 Å². The zero-order valence-corrected chi connectivity index (χ0v) is 10.5. The van der Waals surface area contributed by atoms with Crippen molar-refractivity contribution in [3.63, 3.8) is 0 Å². The summed E-state index contributed by atoms with van der Waals surface area (Å²) in [4.78, 5) is 14.3. The molecule has 100 valence electrons. The van der Waals surface area contributed by atoms with Crippen LogP contribution in [0, 0.1) is 11.6 Å². The Bertz CT molecular complexity index is 627. The number of rotatable bonds is 2. The van der Waals surface area contributed by atoms with Gasteiger partial charge in [0.1, 0.15) is 11.6 Å². The fraction of sp³-hybridized carbons (Fsp3) is 0.400. The van der Waals surface area contributed by atoms with E-state index in [1.165, 1.54) is 12.5 Å². The fourth-order valence-corrected chi connectivity index (χ4v) is 3.10. The molecule has 2 nitrogen and oxygen atoms in total. The summed E-state index contributed by atoms with van der Waals surface area (Å²) in [6.07, 6.45) is 6.15. The standard InChI is InChI=1S/C15H15F2NO/c16-10-6-11-12(8-19)14(9-4-2-1-3-5-9)18-15(11)13(17)7-10/h6-9,18H,1-5H2. The molecule has 19 heavy (non-hydrogen) atoms. The van der Waals surface area contributed by atoms with Crippen LogP contribution in [0.4, 0.5) is 8.78 Å². The van der Waals surface area contributed by atoms with Crippen LogP contribution in [-0.4, -0.2) is 11.3 Å². The highest BCUT2D eigenvalue weighted by molar-refractivity contribution is 5.99. The van der Waals surface area contributed by atoms with Crippen molar-refractivity contribution in [2.24, 2.45) is 0 Å². The molecule has 1 aromatic carbocycles. The minimum atomic E-state index is -0.651. The molecule has 1 heterocycles. The summed E-state index contributed by atoms with van der Waals surface area (Å²) in [6, 6.07) is 2.07. The second-order valence-electron chi connectivity index (χ2n) is 5.22. The maximum atomic E-state index is 13.8. The first-order valence-electron chi connectivity index (χ1n) is 6.66. The molecule has 1 aromatic heterocycles. The molecule has 1 fully saturated rings. The minimum absolute atomic E-state index is 0.240. The van der Waals surface area contributed by atoms with Crippen molar-refractivity contribution >= 4 is 17.2 Å². The van der Waals surface area contributed by atoms with Gasteiger partial charge in [0.2, 0.25) is 0 Å². The number of aldehydes is 1. The number of carbonyl (C=O) groups excluding carboxylic acids is 1. The van der Waals surface area contributed by atoms with Gasteiger partial charge in [0.25, 0.3) is 0 Å². The summed E-state index contributed by atoms with van der Waals surface area (Å²) in [6.45, 7) is 0. The molecule has 0 atom stereocenters. The third-order valence-corrected chi connectivity index (χ3v) is 4.03. The smallest absolute Gasteiger partial charge is 0.152 e. The molecule has 0 aliphatic heterocycles. The lowest BCUT2D eigenvalue weighted by atomic mass is 9.85. The molecular weight excluding hydrogens is 248 g/mol. The number of aromatic nitrogens is 1. The summed E-state index contributed by atoms with van der Waals surface area (Å²) >= 11 is 0. The number of fused-ring (bicyclic) bond motifs is 1. The van der Waals surface area contributed by atoms with Crippen molar-refractivity contribution in [2.45, 2.75) is 38.0 Å². The first kappa shape index (κ1) is 12.3. The van der Waals surface area contributed by atoms with Crippen molar-refractivity contribution in [3.05, 3.63) is 35.0 Å². The molecular formula is C15H15F2NO. The van der Waals surface area contributed by atoms with Crippen LogP contribution < -0.4 is 0 Å². The quantitative estimate of drug-likeness (QED) is 0.805. The Morgan fingerprint density at radius 3 is 2.58 bits per heavy atom. The number of carbonyl (C=O) groups is 1. The van der Waals surface area contributed by atoms with E-state index in [0.717, 1.165) is 37.4 Å². The van der Waals surface area contributed by atoms with Gasteiger partial charge in [-0.05, 0) is 24.8 Å². The molecule has 0 saturated heterocycles. The highest BCUT2D eigenvalue weighted by Gasteiger charge is 2.23. The van der Waals surface area contributed by atoms with Gasteiger partial charge in [-0.3, -0.25) is 4.79 Å². The van der Waals surface area contributed by atoms with Gasteiger partial charge in [-0.25, -0.2) is 8.78 Å². The lowest BCUT2D eigenvalue weighted by Crippen LogP contribution is -2.06. The Kier molecular flexibility index (Phi) is 3.09. The third-order valence-electron chi connectivity index (χ3n) is 4.03. The lowest BCUT2D eigenvalue weighted by molar-refractivity contribution is 0.112. The summed E-state index contributed by atoms with van der Waals surface area (Å²) in [5, 5.41) is 0.355. The maximum absolute atomic E-state index is 13.8. The zero-order chi connectivity index (χ0) is 13.4. The molecule has 0 radical (unpaired) electrons. The van der Waals surface area contributed by atoms with Crippen LogP contribution in [0.15, 0.2) is 12.1 Å². The lowest BCUT2D eigenvalue weighted by Gasteiger charge is -2.21. The number of nitrogens with one attached hydrogen (secondary N) is 1. The fourth-order valence-electron chi connectivity index (χ4n) is 3.10. The molecule has 1 N–H and O–H groups in total. The highest BCUT2D eigenvalue weighted by Crippen LogP contribution is 2.36.